The Hall–Kier alpha value is -3.83. The number of thioether (sulfide) groups is 1. The molecule has 1 aliphatic heterocycles. The van der Waals surface area contributed by atoms with Crippen LogP contribution in [0.3, 0.4) is 0 Å². The Kier molecular flexibility index (Phi) is 6.22. The van der Waals surface area contributed by atoms with Crippen molar-refractivity contribution in [3.63, 3.8) is 0 Å². The van der Waals surface area contributed by atoms with Crippen molar-refractivity contribution in [2.45, 2.75) is 6.42 Å². The summed E-state index contributed by atoms with van der Waals surface area (Å²) in [6.45, 7) is 0.554. The van der Waals surface area contributed by atoms with Crippen LogP contribution in [0.1, 0.15) is 11.1 Å². The topological polar surface area (TPSA) is 50.7 Å². The lowest BCUT2D eigenvalue weighted by Gasteiger charge is -2.12. The first kappa shape index (κ1) is 21.0. The molecule has 0 saturated carbocycles. The summed E-state index contributed by atoms with van der Waals surface area (Å²) in [6, 6.07) is 32.1. The molecule has 1 aliphatic rings. The van der Waals surface area contributed by atoms with E-state index in [0.717, 1.165) is 34.2 Å². The third-order valence-electron chi connectivity index (χ3n) is 5.29. The van der Waals surface area contributed by atoms with Crippen molar-refractivity contribution in [3.05, 3.63) is 113 Å². The van der Waals surface area contributed by atoms with Gasteiger partial charge < -0.3 is 10.1 Å². The number of nitrogens with zero attached hydrogens (tertiary/aromatic N) is 1. The highest BCUT2D eigenvalue weighted by Crippen LogP contribution is 2.33. The van der Waals surface area contributed by atoms with E-state index in [1.165, 1.54) is 17.3 Å². The van der Waals surface area contributed by atoms with E-state index in [0.29, 0.717) is 16.7 Å². The van der Waals surface area contributed by atoms with Crippen LogP contribution >= 0.6 is 11.8 Å². The van der Waals surface area contributed by atoms with Crippen molar-refractivity contribution in [2.24, 2.45) is 4.99 Å². The highest BCUT2D eigenvalue weighted by Gasteiger charge is 2.24. The first-order valence-electron chi connectivity index (χ1n) is 10.8. The van der Waals surface area contributed by atoms with E-state index in [4.69, 9.17) is 4.74 Å². The number of para-hydroxylation sites is 1. The molecule has 1 saturated heterocycles. The Morgan fingerprint density at radius 3 is 2.27 bits per heavy atom. The van der Waals surface area contributed by atoms with Crippen LogP contribution < -0.4 is 10.1 Å². The van der Waals surface area contributed by atoms with Gasteiger partial charge in [0.05, 0.1) is 17.2 Å². The SMILES string of the molecule is O=C1NC(=Nc2ccccc2)SC1=Cc1cc2ccccc2cc1OCCc1ccccc1. The summed E-state index contributed by atoms with van der Waals surface area (Å²) in [5.74, 6) is 0.608. The molecule has 1 fully saturated rings. The van der Waals surface area contributed by atoms with Gasteiger partial charge in [0.2, 0.25) is 0 Å². The van der Waals surface area contributed by atoms with Crippen LogP contribution in [-0.4, -0.2) is 17.7 Å². The predicted octanol–water partition coefficient (Wildman–Crippen LogP) is 6.35. The third kappa shape index (κ3) is 5.16. The van der Waals surface area contributed by atoms with Gasteiger partial charge in [0, 0.05) is 12.0 Å². The maximum atomic E-state index is 12.6. The Morgan fingerprint density at radius 2 is 1.52 bits per heavy atom. The molecule has 0 aliphatic carbocycles. The van der Waals surface area contributed by atoms with Crippen LogP contribution in [0.25, 0.3) is 16.8 Å². The molecule has 4 nitrogen and oxygen atoms in total. The number of hydrogen-bond acceptors (Lipinski definition) is 4. The number of aliphatic imine (C=N–C) groups is 1. The summed E-state index contributed by atoms with van der Waals surface area (Å²) >= 11 is 1.34. The molecule has 1 N–H and O–H groups in total. The molecule has 0 bridgehead atoms. The van der Waals surface area contributed by atoms with E-state index >= 15 is 0 Å². The second kappa shape index (κ2) is 9.76. The highest BCUT2D eigenvalue weighted by atomic mass is 32.2. The van der Waals surface area contributed by atoms with Gasteiger partial charge in [0.1, 0.15) is 5.75 Å². The van der Waals surface area contributed by atoms with Gasteiger partial charge in [-0.05, 0) is 58.4 Å². The van der Waals surface area contributed by atoms with Gasteiger partial charge >= 0.3 is 0 Å². The van der Waals surface area contributed by atoms with Crippen LogP contribution in [0.4, 0.5) is 5.69 Å². The van der Waals surface area contributed by atoms with E-state index < -0.39 is 0 Å². The molecule has 0 unspecified atom stereocenters. The normalized spacial score (nSPS) is 15.8. The molecule has 1 amide bonds. The van der Waals surface area contributed by atoms with Crippen molar-refractivity contribution < 1.29 is 9.53 Å². The Labute approximate surface area is 197 Å². The van der Waals surface area contributed by atoms with Gasteiger partial charge in [-0.3, -0.25) is 4.79 Å². The van der Waals surface area contributed by atoms with Gasteiger partial charge in [0.25, 0.3) is 5.91 Å². The fourth-order valence-corrected chi connectivity index (χ4v) is 4.47. The smallest absolute Gasteiger partial charge is 0.264 e. The summed E-state index contributed by atoms with van der Waals surface area (Å²) < 4.78 is 6.20. The fraction of sp³-hybridized carbons (Fsp3) is 0.0714. The van der Waals surface area contributed by atoms with Crippen molar-refractivity contribution >= 4 is 45.4 Å². The van der Waals surface area contributed by atoms with Crippen molar-refractivity contribution in [1.29, 1.82) is 0 Å². The van der Waals surface area contributed by atoms with E-state index in [2.05, 4.69) is 40.6 Å². The largest absolute Gasteiger partial charge is 0.493 e. The van der Waals surface area contributed by atoms with Crippen LogP contribution in [0.2, 0.25) is 0 Å². The van der Waals surface area contributed by atoms with Gasteiger partial charge in [-0.15, -0.1) is 0 Å². The highest BCUT2D eigenvalue weighted by molar-refractivity contribution is 8.18. The van der Waals surface area contributed by atoms with Crippen molar-refractivity contribution in [1.82, 2.24) is 5.32 Å². The number of nitrogens with one attached hydrogen (secondary N) is 1. The summed E-state index contributed by atoms with van der Waals surface area (Å²) in [7, 11) is 0. The molecule has 0 spiro atoms. The van der Waals surface area contributed by atoms with E-state index in [-0.39, 0.29) is 5.91 Å². The summed E-state index contributed by atoms with van der Waals surface area (Å²) in [4.78, 5) is 17.8. The van der Waals surface area contributed by atoms with Gasteiger partial charge in [0.15, 0.2) is 5.17 Å². The fourth-order valence-electron chi connectivity index (χ4n) is 3.64. The number of ether oxygens (including phenoxy) is 1. The minimum absolute atomic E-state index is 0.155. The number of amidine groups is 1. The van der Waals surface area contributed by atoms with E-state index in [1.807, 2.05) is 72.8 Å². The third-order valence-corrected chi connectivity index (χ3v) is 6.20. The number of carbonyl (C=O) groups is 1. The van der Waals surface area contributed by atoms with Gasteiger partial charge in [-0.2, -0.15) is 0 Å². The molecule has 0 aromatic heterocycles. The average Bonchev–Trinajstić information content (AvgIpc) is 3.19. The monoisotopic (exact) mass is 450 g/mol. The minimum Gasteiger partial charge on any atom is -0.493 e. The van der Waals surface area contributed by atoms with Crippen LogP contribution in [0.15, 0.2) is 107 Å². The molecule has 1 heterocycles. The number of carbonyl (C=O) groups excluding carboxylic acids is 1. The lowest BCUT2D eigenvalue weighted by Crippen LogP contribution is -2.19. The first-order valence-corrected chi connectivity index (χ1v) is 11.6. The maximum Gasteiger partial charge on any atom is 0.264 e. The zero-order valence-electron chi connectivity index (χ0n) is 17.9. The molecule has 33 heavy (non-hydrogen) atoms. The summed E-state index contributed by atoms with van der Waals surface area (Å²) in [6.07, 6.45) is 2.70. The predicted molar refractivity (Wildman–Crippen MR) is 137 cm³/mol. The van der Waals surface area contributed by atoms with Crippen LogP contribution in [-0.2, 0) is 11.2 Å². The Balaban J connectivity index is 1.42. The van der Waals surface area contributed by atoms with Gasteiger partial charge in [-0.1, -0.05) is 72.8 Å². The Morgan fingerprint density at radius 1 is 0.848 bits per heavy atom. The molecule has 0 radical (unpaired) electrons. The second-order valence-corrected chi connectivity index (χ2v) is 8.67. The molecule has 4 aromatic rings. The number of rotatable bonds is 6. The van der Waals surface area contributed by atoms with Crippen molar-refractivity contribution in [2.75, 3.05) is 6.61 Å². The zero-order valence-corrected chi connectivity index (χ0v) is 18.7. The number of benzene rings is 4. The maximum absolute atomic E-state index is 12.6. The standard InChI is InChI=1S/C28H22N2O2S/c31-27-26(33-28(30-27)29-24-13-5-2-6-14-24)19-23-17-21-11-7-8-12-22(21)18-25(23)32-16-15-20-9-3-1-4-10-20/h1-14,17-19H,15-16H2,(H,29,30,31). The second-order valence-electron chi connectivity index (χ2n) is 7.64. The Bertz CT molecular complexity index is 1350. The number of amides is 1. The number of hydrogen-bond donors (Lipinski definition) is 1. The molecule has 4 aromatic carbocycles. The van der Waals surface area contributed by atoms with E-state index in [1.54, 1.807) is 0 Å². The lowest BCUT2D eigenvalue weighted by atomic mass is 10.1. The lowest BCUT2D eigenvalue weighted by molar-refractivity contribution is -0.115. The summed E-state index contributed by atoms with van der Waals surface area (Å²) in [5, 5.41) is 5.63. The van der Waals surface area contributed by atoms with Gasteiger partial charge in [-0.25, -0.2) is 4.99 Å². The first-order chi connectivity index (χ1) is 16.2. The minimum atomic E-state index is -0.155. The molecule has 5 rings (SSSR count). The molecular formula is C28H22N2O2S. The van der Waals surface area contributed by atoms with Crippen molar-refractivity contribution in [3.8, 4) is 5.75 Å². The average molecular weight is 451 g/mol. The molecule has 162 valence electrons. The van der Waals surface area contributed by atoms with Crippen LogP contribution in [0.5, 0.6) is 5.75 Å². The van der Waals surface area contributed by atoms with Crippen LogP contribution in [0, 0.1) is 0 Å². The quantitative estimate of drug-likeness (QED) is 0.348. The molecular weight excluding hydrogens is 428 g/mol. The van der Waals surface area contributed by atoms with E-state index in [9.17, 15) is 4.79 Å². The molecule has 5 heteroatoms. The zero-order chi connectivity index (χ0) is 22.5. The summed E-state index contributed by atoms with van der Waals surface area (Å²) in [5.41, 5.74) is 2.91. The molecule has 0 atom stereocenters. The number of fused-ring (bicyclic) bond motifs is 1.